The Hall–Kier alpha value is -3.26. The first-order chi connectivity index (χ1) is 13.8. The minimum atomic E-state index is -0.493. The van der Waals surface area contributed by atoms with Crippen LogP contribution in [-0.2, 0) is 11.2 Å². The predicted molar refractivity (Wildman–Crippen MR) is 114 cm³/mol. The van der Waals surface area contributed by atoms with Gasteiger partial charge in [0.2, 0.25) is 5.91 Å². The molecule has 0 saturated carbocycles. The van der Waals surface area contributed by atoms with Crippen LogP contribution >= 0.6 is 11.3 Å². The Labute approximate surface area is 172 Å². The molecule has 3 rings (SSSR count). The molecule has 3 aromatic rings. The number of thiazole rings is 1. The monoisotopic (exact) mass is 412 g/mol. The van der Waals surface area contributed by atoms with Gasteiger partial charge in [-0.1, -0.05) is 17.7 Å². The number of nitrogens with zero attached hydrogens (tertiary/aromatic N) is 1. The van der Waals surface area contributed by atoms with Crippen LogP contribution in [0.25, 0.3) is 0 Å². The van der Waals surface area contributed by atoms with Gasteiger partial charge in [-0.15, -0.1) is 11.3 Å². The lowest BCUT2D eigenvalue weighted by molar-refractivity contribution is -0.115. The molecule has 0 unspecified atom stereocenters. The third-order valence-electron chi connectivity index (χ3n) is 4.16. The smallest absolute Gasteiger partial charge is 0.325 e. The van der Waals surface area contributed by atoms with Gasteiger partial charge in [0.25, 0.3) is 0 Å². The van der Waals surface area contributed by atoms with Crippen molar-refractivity contribution in [3.63, 3.8) is 0 Å². The number of urea groups is 1. The molecule has 1 aromatic heterocycles. The first kappa shape index (κ1) is 20.5. The van der Waals surface area contributed by atoms with Crippen LogP contribution in [0.4, 0.5) is 25.7 Å². The highest BCUT2D eigenvalue weighted by Crippen LogP contribution is 2.23. The molecular weight excluding hydrogens is 391 g/mol. The standard InChI is InChI=1S/C21H21FN4O2S/c1-12-8-13(2)19(14(3)9-12)25-18(27)10-17-11-29-21(24-17)26-20(28)23-16-6-4-15(22)5-7-16/h4-9,11H,10H2,1-3H3,(H,25,27)(H2,23,24,26,28). The number of nitrogens with one attached hydrogen (secondary N) is 3. The lowest BCUT2D eigenvalue weighted by Crippen LogP contribution is -2.19. The summed E-state index contributed by atoms with van der Waals surface area (Å²) < 4.78 is 12.9. The summed E-state index contributed by atoms with van der Waals surface area (Å²) in [6.07, 6.45) is 0.102. The zero-order chi connectivity index (χ0) is 21.0. The average Bonchev–Trinajstić information content (AvgIpc) is 3.06. The van der Waals surface area contributed by atoms with Crippen LogP contribution in [0.3, 0.4) is 0 Å². The molecule has 6 nitrogen and oxygen atoms in total. The van der Waals surface area contributed by atoms with E-state index in [-0.39, 0.29) is 18.1 Å². The van der Waals surface area contributed by atoms with E-state index in [0.717, 1.165) is 22.4 Å². The van der Waals surface area contributed by atoms with Crippen molar-refractivity contribution in [1.82, 2.24) is 4.98 Å². The SMILES string of the molecule is Cc1cc(C)c(NC(=O)Cc2csc(NC(=O)Nc3ccc(F)cc3)n2)c(C)c1. The lowest BCUT2D eigenvalue weighted by atomic mass is 10.0. The van der Waals surface area contributed by atoms with Crippen molar-refractivity contribution in [3.05, 3.63) is 70.0 Å². The van der Waals surface area contributed by atoms with E-state index in [1.807, 2.05) is 32.9 Å². The van der Waals surface area contributed by atoms with Crippen LogP contribution in [0.2, 0.25) is 0 Å². The zero-order valence-electron chi connectivity index (χ0n) is 16.3. The van der Waals surface area contributed by atoms with E-state index in [0.29, 0.717) is 16.5 Å². The number of rotatable bonds is 5. The van der Waals surface area contributed by atoms with Gasteiger partial charge in [0.05, 0.1) is 12.1 Å². The quantitative estimate of drug-likeness (QED) is 0.549. The van der Waals surface area contributed by atoms with E-state index in [4.69, 9.17) is 0 Å². The second kappa shape index (κ2) is 8.83. The van der Waals surface area contributed by atoms with Crippen LogP contribution in [0.1, 0.15) is 22.4 Å². The molecule has 3 N–H and O–H groups in total. The molecule has 2 aromatic carbocycles. The minimum Gasteiger partial charge on any atom is -0.325 e. The maximum absolute atomic E-state index is 12.9. The van der Waals surface area contributed by atoms with E-state index < -0.39 is 6.03 Å². The van der Waals surface area contributed by atoms with Crippen molar-refractivity contribution >= 4 is 39.8 Å². The molecule has 0 aliphatic heterocycles. The number of carbonyl (C=O) groups is 2. The van der Waals surface area contributed by atoms with Crippen LogP contribution in [-0.4, -0.2) is 16.9 Å². The van der Waals surface area contributed by atoms with Crippen molar-refractivity contribution in [2.45, 2.75) is 27.2 Å². The Morgan fingerprint density at radius 3 is 2.31 bits per heavy atom. The van der Waals surface area contributed by atoms with Crippen molar-refractivity contribution < 1.29 is 14.0 Å². The number of anilines is 3. The summed E-state index contributed by atoms with van der Waals surface area (Å²) in [6.45, 7) is 5.93. The normalized spacial score (nSPS) is 10.5. The van der Waals surface area contributed by atoms with Gasteiger partial charge < -0.3 is 10.6 Å². The van der Waals surface area contributed by atoms with E-state index in [2.05, 4.69) is 20.9 Å². The van der Waals surface area contributed by atoms with E-state index >= 15 is 0 Å². The summed E-state index contributed by atoms with van der Waals surface area (Å²) >= 11 is 1.22. The fourth-order valence-electron chi connectivity index (χ4n) is 2.96. The van der Waals surface area contributed by atoms with E-state index in [1.54, 1.807) is 5.38 Å². The lowest BCUT2D eigenvalue weighted by Gasteiger charge is -2.12. The summed E-state index contributed by atoms with van der Waals surface area (Å²) in [4.78, 5) is 28.7. The fraction of sp³-hybridized carbons (Fsp3) is 0.190. The molecule has 1 heterocycles. The third kappa shape index (κ3) is 5.61. The summed E-state index contributed by atoms with van der Waals surface area (Å²) in [5.41, 5.74) is 5.00. The van der Waals surface area contributed by atoms with Crippen molar-refractivity contribution in [1.29, 1.82) is 0 Å². The number of aromatic nitrogens is 1. The van der Waals surface area contributed by atoms with Gasteiger partial charge in [0.15, 0.2) is 5.13 Å². The predicted octanol–water partition coefficient (Wildman–Crippen LogP) is 5.03. The number of hydrogen-bond donors (Lipinski definition) is 3. The Balaban J connectivity index is 1.56. The summed E-state index contributed by atoms with van der Waals surface area (Å²) in [5, 5.41) is 10.2. The molecule has 150 valence electrons. The van der Waals surface area contributed by atoms with Crippen LogP contribution in [0.5, 0.6) is 0 Å². The van der Waals surface area contributed by atoms with Crippen LogP contribution in [0.15, 0.2) is 41.8 Å². The number of aryl methyl sites for hydroxylation is 3. The maximum Gasteiger partial charge on any atom is 0.325 e. The molecule has 29 heavy (non-hydrogen) atoms. The molecule has 0 saturated heterocycles. The molecule has 0 fully saturated rings. The second-order valence-electron chi connectivity index (χ2n) is 6.73. The highest BCUT2D eigenvalue weighted by atomic mass is 32.1. The zero-order valence-corrected chi connectivity index (χ0v) is 17.1. The number of amides is 3. The average molecular weight is 412 g/mol. The molecule has 0 atom stereocenters. The summed E-state index contributed by atoms with van der Waals surface area (Å²) in [6, 6.07) is 8.98. The van der Waals surface area contributed by atoms with Crippen molar-refractivity contribution in [2.75, 3.05) is 16.0 Å². The van der Waals surface area contributed by atoms with Crippen LogP contribution < -0.4 is 16.0 Å². The van der Waals surface area contributed by atoms with Gasteiger partial charge in [-0.05, 0) is 56.2 Å². The van der Waals surface area contributed by atoms with Gasteiger partial charge in [-0.3, -0.25) is 10.1 Å². The van der Waals surface area contributed by atoms with Gasteiger partial charge in [-0.2, -0.15) is 0 Å². The molecule has 0 bridgehead atoms. The highest BCUT2D eigenvalue weighted by Gasteiger charge is 2.12. The molecule has 0 spiro atoms. The first-order valence-electron chi connectivity index (χ1n) is 8.96. The maximum atomic E-state index is 12.9. The Morgan fingerprint density at radius 2 is 1.66 bits per heavy atom. The van der Waals surface area contributed by atoms with Gasteiger partial charge in [0, 0.05) is 16.8 Å². The molecular formula is C21H21FN4O2S. The largest absolute Gasteiger partial charge is 0.325 e. The second-order valence-corrected chi connectivity index (χ2v) is 7.59. The number of benzene rings is 2. The number of hydrogen-bond acceptors (Lipinski definition) is 4. The molecule has 0 aliphatic rings. The third-order valence-corrected chi connectivity index (χ3v) is 4.96. The Bertz CT molecular complexity index is 1020. The number of halogens is 1. The Kier molecular flexibility index (Phi) is 6.23. The van der Waals surface area contributed by atoms with Gasteiger partial charge >= 0.3 is 6.03 Å². The van der Waals surface area contributed by atoms with Gasteiger partial charge in [-0.25, -0.2) is 14.2 Å². The Morgan fingerprint density at radius 1 is 1.00 bits per heavy atom. The van der Waals surface area contributed by atoms with Crippen molar-refractivity contribution in [3.8, 4) is 0 Å². The first-order valence-corrected chi connectivity index (χ1v) is 9.84. The summed E-state index contributed by atoms with van der Waals surface area (Å²) in [7, 11) is 0. The molecule has 0 aliphatic carbocycles. The molecule has 3 amide bonds. The minimum absolute atomic E-state index is 0.102. The summed E-state index contributed by atoms with van der Waals surface area (Å²) in [5.74, 6) is -0.553. The topological polar surface area (TPSA) is 83.1 Å². The highest BCUT2D eigenvalue weighted by molar-refractivity contribution is 7.14. The fourth-order valence-corrected chi connectivity index (χ4v) is 3.67. The molecule has 0 radical (unpaired) electrons. The van der Waals surface area contributed by atoms with Crippen molar-refractivity contribution in [2.24, 2.45) is 0 Å². The van der Waals surface area contributed by atoms with Crippen LogP contribution in [0, 0.1) is 26.6 Å². The van der Waals surface area contributed by atoms with E-state index in [9.17, 15) is 14.0 Å². The number of carbonyl (C=O) groups excluding carboxylic acids is 2. The van der Waals surface area contributed by atoms with Gasteiger partial charge in [0.1, 0.15) is 5.82 Å². The molecule has 8 heteroatoms. The van der Waals surface area contributed by atoms with E-state index in [1.165, 1.54) is 35.6 Å².